The predicted octanol–water partition coefficient (Wildman–Crippen LogP) is 1.40. The number of likely N-dealkylation sites (N-methyl/N-ethyl adjacent to an activating group) is 1. The summed E-state index contributed by atoms with van der Waals surface area (Å²) in [6, 6.07) is 5.96. The topological polar surface area (TPSA) is 69.8 Å². The summed E-state index contributed by atoms with van der Waals surface area (Å²) in [4.78, 5) is 15.9. The van der Waals surface area contributed by atoms with Crippen molar-refractivity contribution in [1.29, 1.82) is 0 Å². The Morgan fingerprint density at radius 2 is 2.10 bits per heavy atom. The molecule has 1 aliphatic heterocycles. The van der Waals surface area contributed by atoms with Gasteiger partial charge in [-0.15, -0.1) is 0 Å². The van der Waals surface area contributed by atoms with Crippen LogP contribution in [-0.4, -0.2) is 37.3 Å². The normalized spacial score (nSPS) is 22.0. The van der Waals surface area contributed by atoms with Crippen molar-refractivity contribution < 1.29 is 9.90 Å². The van der Waals surface area contributed by atoms with Crippen LogP contribution in [0.3, 0.4) is 0 Å². The molecule has 1 atom stereocenters. The zero-order chi connectivity index (χ0) is 15.0. The largest absolute Gasteiger partial charge is 0.395 e. The van der Waals surface area contributed by atoms with Gasteiger partial charge in [0.15, 0.2) is 0 Å². The number of anilines is 2. The van der Waals surface area contributed by atoms with E-state index in [4.69, 9.17) is 5.73 Å². The quantitative estimate of drug-likeness (QED) is 0.879. The van der Waals surface area contributed by atoms with Gasteiger partial charge in [-0.1, -0.05) is 18.9 Å². The summed E-state index contributed by atoms with van der Waals surface area (Å²) < 4.78 is 0. The molecule has 1 fully saturated rings. The van der Waals surface area contributed by atoms with Crippen LogP contribution in [-0.2, 0) is 4.79 Å². The summed E-state index contributed by atoms with van der Waals surface area (Å²) in [6.45, 7) is 0.773. The van der Waals surface area contributed by atoms with Gasteiger partial charge < -0.3 is 20.6 Å². The number of amides is 1. The molecule has 5 heteroatoms. The first-order valence-electron chi connectivity index (χ1n) is 7.68. The number of nitrogens with two attached hydrogens (primary N) is 1. The van der Waals surface area contributed by atoms with Crippen LogP contribution in [0.2, 0.25) is 0 Å². The lowest BCUT2D eigenvalue weighted by Gasteiger charge is -2.31. The van der Waals surface area contributed by atoms with Gasteiger partial charge in [0.1, 0.15) is 6.04 Å². The van der Waals surface area contributed by atoms with Crippen molar-refractivity contribution in [2.24, 2.45) is 5.73 Å². The van der Waals surface area contributed by atoms with Crippen molar-refractivity contribution in [3.05, 3.63) is 23.8 Å². The van der Waals surface area contributed by atoms with Crippen molar-refractivity contribution in [3.63, 3.8) is 0 Å². The molecule has 1 unspecified atom stereocenters. The molecule has 0 saturated heterocycles. The monoisotopic (exact) mass is 289 g/mol. The molecule has 3 N–H and O–H groups in total. The van der Waals surface area contributed by atoms with Crippen molar-refractivity contribution >= 4 is 17.3 Å². The van der Waals surface area contributed by atoms with Crippen molar-refractivity contribution in [2.75, 3.05) is 30.0 Å². The van der Waals surface area contributed by atoms with Gasteiger partial charge in [0.2, 0.25) is 5.91 Å². The second-order valence-corrected chi connectivity index (χ2v) is 5.97. The fourth-order valence-corrected chi connectivity index (χ4v) is 3.57. The predicted molar refractivity (Wildman–Crippen MR) is 83.5 cm³/mol. The Labute approximate surface area is 125 Å². The molecule has 3 rings (SSSR count). The minimum Gasteiger partial charge on any atom is -0.395 e. The molecule has 0 aromatic heterocycles. The van der Waals surface area contributed by atoms with Gasteiger partial charge >= 0.3 is 0 Å². The van der Waals surface area contributed by atoms with Crippen molar-refractivity contribution in [1.82, 2.24) is 0 Å². The highest BCUT2D eigenvalue weighted by atomic mass is 16.3. The number of hydrogen-bond donors (Lipinski definition) is 2. The summed E-state index contributed by atoms with van der Waals surface area (Å²) in [5.74, 6) is -0.0586. The molecule has 2 aliphatic rings. The Balaban J connectivity index is 1.93. The van der Waals surface area contributed by atoms with Crippen LogP contribution in [0.1, 0.15) is 37.3 Å². The van der Waals surface area contributed by atoms with E-state index < -0.39 is 6.04 Å². The first kappa shape index (κ1) is 14.4. The maximum absolute atomic E-state index is 12.0. The van der Waals surface area contributed by atoms with Gasteiger partial charge in [-0.2, -0.15) is 0 Å². The van der Waals surface area contributed by atoms with Crippen LogP contribution < -0.4 is 15.5 Å². The number of hydrogen-bond acceptors (Lipinski definition) is 4. The van der Waals surface area contributed by atoms with Crippen LogP contribution in [0.5, 0.6) is 0 Å². The summed E-state index contributed by atoms with van der Waals surface area (Å²) in [5.41, 5.74) is 8.80. The van der Waals surface area contributed by atoms with Crippen LogP contribution in [0.25, 0.3) is 0 Å². The van der Waals surface area contributed by atoms with Gasteiger partial charge in [0, 0.05) is 30.9 Å². The van der Waals surface area contributed by atoms with E-state index in [1.165, 1.54) is 25.7 Å². The zero-order valence-corrected chi connectivity index (χ0v) is 12.5. The number of rotatable bonds is 4. The van der Waals surface area contributed by atoms with Crippen LogP contribution in [0.4, 0.5) is 11.4 Å². The van der Waals surface area contributed by atoms with E-state index in [9.17, 15) is 9.90 Å². The van der Waals surface area contributed by atoms with E-state index in [-0.39, 0.29) is 12.5 Å². The average molecular weight is 289 g/mol. The minimum absolute atomic E-state index is 0.0586. The summed E-state index contributed by atoms with van der Waals surface area (Å²) in [5, 5.41) is 9.36. The number of carbonyl (C=O) groups excluding carboxylic acids is 1. The number of aliphatic hydroxyl groups is 1. The molecule has 0 bridgehead atoms. The molecule has 1 aromatic rings. The Morgan fingerprint density at radius 1 is 1.38 bits per heavy atom. The van der Waals surface area contributed by atoms with Gasteiger partial charge in [-0.05, 0) is 25.0 Å². The Morgan fingerprint density at radius 3 is 2.76 bits per heavy atom. The highest BCUT2D eigenvalue weighted by molar-refractivity contribution is 6.04. The molecule has 0 radical (unpaired) electrons. The third-order valence-corrected chi connectivity index (χ3v) is 4.75. The number of nitrogens with zero attached hydrogens (tertiary/aromatic N) is 2. The maximum atomic E-state index is 12.0. The van der Waals surface area contributed by atoms with E-state index >= 15 is 0 Å². The molecule has 1 aliphatic carbocycles. The maximum Gasteiger partial charge on any atom is 0.248 e. The highest BCUT2D eigenvalue weighted by Gasteiger charge is 2.33. The first-order valence-corrected chi connectivity index (χ1v) is 7.68. The third-order valence-electron chi connectivity index (χ3n) is 4.75. The summed E-state index contributed by atoms with van der Waals surface area (Å²) in [6.07, 6.45) is 4.85. The van der Waals surface area contributed by atoms with Gasteiger partial charge in [0.25, 0.3) is 0 Å². The second kappa shape index (κ2) is 5.66. The Bertz CT molecular complexity index is 540. The van der Waals surface area contributed by atoms with E-state index in [1.807, 2.05) is 18.2 Å². The lowest BCUT2D eigenvalue weighted by Crippen LogP contribution is -2.35. The zero-order valence-electron chi connectivity index (χ0n) is 12.5. The molecular weight excluding hydrogens is 266 g/mol. The molecule has 1 amide bonds. The third kappa shape index (κ3) is 2.40. The fourth-order valence-electron chi connectivity index (χ4n) is 3.57. The van der Waals surface area contributed by atoms with Crippen LogP contribution in [0.15, 0.2) is 18.2 Å². The lowest BCUT2D eigenvalue weighted by atomic mass is 10.1. The van der Waals surface area contributed by atoms with Gasteiger partial charge in [0.05, 0.1) is 12.3 Å². The van der Waals surface area contributed by atoms with E-state index in [0.29, 0.717) is 12.6 Å². The fraction of sp³-hybridized carbons (Fsp3) is 0.562. The number of aliphatic hydroxyl groups excluding tert-OH is 1. The number of benzene rings is 1. The molecule has 21 heavy (non-hydrogen) atoms. The molecule has 5 nitrogen and oxygen atoms in total. The molecule has 1 heterocycles. The standard InChI is InChI=1S/C16H23N3O2/c1-18-14-10-12(6-7-13(14)15(17)16(18)21)19(8-9-20)11-4-2-3-5-11/h6-7,10-11,15,20H,2-5,8-9,17H2,1H3. The van der Waals surface area contributed by atoms with Crippen LogP contribution in [0, 0.1) is 0 Å². The van der Waals surface area contributed by atoms with E-state index in [0.717, 1.165) is 16.9 Å². The average Bonchev–Trinajstić information content (AvgIpc) is 3.09. The Hall–Kier alpha value is -1.59. The summed E-state index contributed by atoms with van der Waals surface area (Å²) in [7, 11) is 1.77. The summed E-state index contributed by atoms with van der Waals surface area (Å²) >= 11 is 0. The molecule has 0 spiro atoms. The Kier molecular flexibility index (Phi) is 3.87. The smallest absolute Gasteiger partial charge is 0.248 e. The molecule has 1 aromatic carbocycles. The van der Waals surface area contributed by atoms with E-state index in [1.54, 1.807) is 11.9 Å². The minimum atomic E-state index is -0.545. The first-order chi connectivity index (χ1) is 10.1. The van der Waals surface area contributed by atoms with Gasteiger partial charge in [-0.25, -0.2) is 0 Å². The van der Waals surface area contributed by atoms with Crippen LogP contribution >= 0.6 is 0 Å². The molecule has 1 saturated carbocycles. The molecule has 114 valence electrons. The van der Waals surface area contributed by atoms with Crippen molar-refractivity contribution in [2.45, 2.75) is 37.8 Å². The lowest BCUT2D eigenvalue weighted by molar-refractivity contribution is -0.118. The van der Waals surface area contributed by atoms with Crippen molar-refractivity contribution in [3.8, 4) is 0 Å². The number of carbonyl (C=O) groups is 1. The highest BCUT2D eigenvalue weighted by Crippen LogP contribution is 2.38. The number of fused-ring (bicyclic) bond motifs is 1. The SMILES string of the molecule is CN1C(=O)C(N)c2ccc(N(CCO)C3CCCC3)cc21. The van der Waals surface area contributed by atoms with Gasteiger partial charge in [-0.3, -0.25) is 4.79 Å². The second-order valence-electron chi connectivity index (χ2n) is 5.97. The molecular formula is C16H23N3O2. The van der Waals surface area contributed by atoms with E-state index in [2.05, 4.69) is 4.90 Å².